The second kappa shape index (κ2) is 6.62. The third-order valence-corrected chi connectivity index (χ3v) is 4.51. The van der Waals surface area contributed by atoms with Gasteiger partial charge >= 0.3 is 0 Å². The van der Waals surface area contributed by atoms with Crippen molar-refractivity contribution in [1.29, 1.82) is 0 Å². The largest absolute Gasteiger partial charge is 0.389 e. The van der Waals surface area contributed by atoms with Gasteiger partial charge in [0.25, 0.3) is 0 Å². The zero-order valence-electron chi connectivity index (χ0n) is 11.9. The first-order valence-corrected chi connectivity index (χ1v) is 7.67. The molecule has 0 radical (unpaired) electrons. The van der Waals surface area contributed by atoms with Gasteiger partial charge in [-0.2, -0.15) is 0 Å². The van der Waals surface area contributed by atoms with Crippen LogP contribution in [0.25, 0.3) is 0 Å². The zero-order chi connectivity index (χ0) is 13.8. The maximum atomic E-state index is 9.59. The number of aliphatic hydroxyl groups is 1. The van der Waals surface area contributed by atoms with Gasteiger partial charge in [-0.1, -0.05) is 43.4 Å². The first-order chi connectivity index (χ1) is 9.09. The van der Waals surface area contributed by atoms with Crippen LogP contribution in [0.15, 0.2) is 18.2 Å². The summed E-state index contributed by atoms with van der Waals surface area (Å²) in [6.07, 6.45) is 7.40. The lowest BCUT2D eigenvalue weighted by atomic mass is 10.1. The summed E-state index contributed by atoms with van der Waals surface area (Å²) in [5, 5.41) is 10.3. The molecule has 0 aromatic heterocycles. The van der Waals surface area contributed by atoms with Crippen molar-refractivity contribution in [2.45, 2.75) is 57.6 Å². The maximum absolute atomic E-state index is 9.59. The normalized spacial score (nSPS) is 18.9. The summed E-state index contributed by atoms with van der Waals surface area (Å²) in [6.45, 7) is 1.76. The molecular formula is C16H24ClNO. The zero-order valence-corrected chi connectivity index (χ0v) is 12.7. The molecule has 106 valence electrons. The van der Waals surface area contributed by atoms with E-state index in [2.05, 4.69) is 11.9 Å². The summed E-state index contributed by atoms with van der Waals surface area (Å²) in [5.74, 6) is 0. The minimum absolute atomic E-state index is 0.463. The van der Waals surface area contributed by atoms with Crippen LogP contribution in [0.3, 0.4) is 0 Å². The van der Waals surface area contributed by atoms with E-state index in [9.17, 15) is 5.11 Å². The molecule has 1 aliphatic carbocycles. The quantitative estimate of drug-likeness (QED) is 0.822. The number of anilines is 1. The van der Waals surface area contributed by atoms with Crippen LogP contribution in [-0.4, -0.2) is 18.2 Å². The van der Waals surface area contributed by atoms with Crippen LogP contribution < -0.4 is 4.90 Å². The van der Waals surface area contributed by atoms with Crippen molar-refractivity contribution in [3.05, 3.63) is 28.8 Å². The molecule has 2 nitrogen and oxygen atoms in total. The highest BCUT2D eigenvalue weighted by molar-refractivity contribution is 6.33. The van der Waals surface area contributed by atoms with Gasteiger partial charge in [0.2, 0.25) is 0 Å². The fourth-order valence-electron chi connectivity index (χ4n) is 2.91. The third kappa shape index (κ3) is 3.64. The molecule has 2 rings (SSSR count). The average molecular weight is 282 g/mol. The second-order valence-electron chi connectivity index (χ2n) is 5.64. The standard InChI is InChI=1S/C16H24ClNO/c1-12(19)13-9-10-16(15(17)11-13)18(2)14-7-5-3-4-6-8-14/h9-12,14,19H,3-8H2,1-2H3/t12-/m0/s1. The van der Waals surface area contributed by atoms with E-state index in [0.717, 1.165) is 16.3 Å². The first-order valence-electron chi connectivity index (χ1n) is 7.30. The van der Waals surface area contributed by atoms with Gasteiger partial charge in [-0.05, 0) is 37.5 Å². The summed E-state index contributed by atoms with van der Waals surface area (Å²) >= 11 is 6.38. The first kappa shape index (κ1) is 14.7. The van der Waals surface area contributed by atoms with Crippen molar-refractivity contribution >= 4 is 17.3 Å². The molecule has 1 atom stereocenters. The van der Waals surface area contributed by atoms with E-state index in [1.807, 2.05) is 18.2 Å². The fourth-order valence-corrected chi connectivity index (χ4v) is 3.23. The van der Waals surface area contributed by atoms with Crippen molar-refractivity contribution < 1.29 is 5.11 Å². The van der Waals surface area contributed by atoms with Gasteiger partial charge in [0, 0.05) is 13.1 Å². The summed E-state index contributed by atoms with van der Waals surface area (Å²) < 4.78 is 0. The number of benzene rings is 1. The molecule has 0 spiro atoms. The molecule has 0 heterocycles. The Kier molecular flexibility index (Phi) is 5.12. The molecule has 1 saturated carbocycles. The van der Waals surface area contributed by atoms with Crippen LogP contribution in [0, 0.1) is 0 Å². The fraction of sp³-hybridized carbons (Fsp3) is 0.625. The van der Waals surface area contributed by atoms with Crippen LogP contribution in [-0.2, 0) is 0 Å². The number of hydrogen-bond acceptors (Lipinski definition) is 2. The lowest BCUT2D eigenvalue weighted by molar-refractivity contribution is 0.199. The molecule has 19 heavy (non-hydrogen) atoms. The molecule has 1 aliphatic rings. The van der Waals surface area contributed by atoms with Crippen molar-refractivity contribution in [3.8, 4) is 0 Å². The van der Waals surface area contributed by atoms with Crippen molar-refractivity contribution in [2.75, 3.05) is 11.9 Å². The lowest BCUT2D eigenvalue weighted by Crippen LogP contribution is -2.31. The second-order valence-corrected chi connectivity index (χ2v) is 6.05. The van der Waals surface area contributed by atoms with E-state index in [4.69, 9.17) is 11.6 Å². The molecule has 0 bridgehead atoms. The molecule has 1 N–H and O–H groups in total. The monoisotopic (exact) mass is 281 g/mol. The van der Waals surface area contributed by atoms with E-state index in [1.165, 1.54) is 38.5 Å². The van der Waals surface area contributed by atoms with E-state index in [1.54, 1.807) is 6.92 Å². The van der Waals surface area contributed by atoms with E-state index in [-0.39, 0.29) is 0 Å². The molecular weight excluding hydrogens is 258 g/mol. The molecule has 3 heteroatoms. The van der Waals surface area contributed by atoms with Crippen LogP contribution in [0.5, 0.6) is 0 Å². The Morgan fingerprint density at radius 3 is 2.37 bits per heavy atom. The Hall–Kier alpha value is -0.730. The number of hydrogen-bond donors (Lipinski definition) is 1. The highest BCUT2D eigenvalue weighted by Crippen LogP contribution is 2.32. The minimum atomic E-state index is -0.463. The highest BCUT2D eigenvalue weighted by Gasteiger charge is 2.19. The van der Waals surface area contributed by atoms with Gasteiger partial charge in [0.1, 0.15) is 0 Å². The molecule has 0 saturated heterocycles. The highest BCUT2D eigenvalue weighted by atomic mass is 35.5. The molecule has 1 aromatic rings. The maximum Gasteiger partial charge on any atom is 0.0762 e. The molecule has 1 aromatic carbocycles. The Bertz CT molecular complexity index is 411. The summed E-state index contributed by atoms with van der Waals surface area (Å²) in [5.41, 5.74) is 1.96. The Balaban J connectivity index is 2.15. The molecule has 0 amide bonds. The van der Waals surface area contributed by atoms with Gasteiger partial charge in [0.15, 0.2) is 0 Å². The smallest absolute Gasteiger partial charge is 0.0762 e. The number of nitrogens with zero attached hydrogens (tertiary/aromatic N) is 1. The average Bonchev–Trinajstić information content (AvgIpc) is 2.66. The van der Waals surface area contributed by atoms with Crippen LogP contribution in [0.1, 0.15) is 57.1 Å². The van der Waals surface area contributed by atoms with Crippen LogP contribution >= 0.6 is 11.6 Å². The summed E-state index contributed by atoms with van der Waals surface area (Å²) in [4.78, 5) is 2.32. The predicted molar refractivity (Wildman–Crippen MR) is 82.0 cm³/mol. The molecule has 0 unspecified atom stereocenters. The van der Waals surface area contributed by atoms with Gasteiger partial charge in [-0.3, -0.25) is 0 Å². The van der Waals surface area contributed by atoms with Gasteiger partial charge < -0.3 is 10.0 Å². The van der Waals surface area contributed by atoms with Crippen LogP contribution in [0.4, 0.5) is 5.69 Å². The predicted octanol–water partition coefficient (Wildman–Crippen LogP) is 4.55. The van der Waals surface area contributed by atoms with E-state index in [0.29, 0.717) is 6.04 Å². The van der Waals surface area contributed by atoms with E-state index < -0.39 is 6.10 Å². The van der Waals surface area contributed by atoms with Crippen molar-refractivity contribution in [2.24, 2.45) is 0 Å². The number of rotatable bonds is 3. The van der Waals surface area contributed by atoms with Crippen LogP contribution in [0.2, 0.25) is 5.02 Å². The summed E-state index contributed by atoms with van der Waals surface area (Å²) in [7, 11) is 2.14. The molecule has 1 fully saturated rings. The van der Waals surface area contributed by atoms with Gasteiger partial charge in [0.05, 0.1) is 16.8 Å². The number of halogens is 1. The Morgan fingerprint density at radius 2 is 1.84 bits per heavy atom. The van der Waals surface area contributed by atoms with Gasteiger partial charge in [-0.15, -0.1) is 0 Å². The SMILES string of the molecule is C[C@H](O)c1ccc(N(C)C2CCCCCC2)c(Cl)c1. The number of aliphatic hydroxyl groups excluding tert-OH is 1. The van der Waals surface area contributed by atoms with Crippen molar-refractivity contribution in [1.82, 2.24) is 0 Å². The van der Waals surface area contributed by atoms with Crippen molar-refractivity contribution in [3.63, 3.8) is 0 Å². The molecule has 0 aliphatic heterocycles. The van der Waals surface area contributed by atoms with Gasteiger partial charge in [-0.25, -0.2) is 0 Å². The Labute approximate surface area is 121 Å². The Morgan fingerprint density at radius 1 is 1.21 bits per heavy atom. The summed E-state index contributed by atoms with van der Waals surface area (Å²) in [6, 6.07) is 6.49. The van der Waals surface area contributed by atoms with E-state index >= 15 is 0 Å². The lowest BCUT2D eigenvalue weighted by Gasteiger charge is -2.30. The topological polar surface area (TPSA) is 23.5 Å². The third-order valence-electron chi connectivity index (χ3n) is 4.21. The minimum Gasteiger partial charge on any atom is -0.389 e.